The van der Waals surface area contributed by atoms with Gasteiger partial charge >= 0.3 is 0 Å². The highest BCUT2D eigenvalue weighted by Crippen LogP contribution is 2.06. The number of hydrogen-bond acceptors (Lipinski definition) is 2. The third-order valence-corrected chi connectivity index (χ3v) is 3.20. The lowest BCUT2D eigenvalue weighted by molar-refractivity contribution is -0.123. The Hall–Kier alpha value is -2.11. The summed E-state index contributed by atoms with van der Waals surface area (Å²) < 4.78 is 13.3. The monoisotopic (exact) mass is 322 g/mol. The lowest BCUT2D eigenvalue weighted by atomic mass is 10.2. The van der Waals surface area contributed by atoms with Gasteiger partial charge in [0.05, 0.1) is 6.54 Å². The number of rotatable bonds is 7. The summed E-state index contributed by atoms with van der Waals surface area (Å²) in [6.07, 6.45) is 0. The van der Waals surface area contributed by atoms with Crippen LogP contribution in [0.3, 0.4) is 0 Å². The molecule has 1 amide bonds. The fraction of sp³-hybridized carbons (Fsp3) is 0.529. The Morgan fingerprint density at radius 2 is 2.09 bits per heavy atom. The minimum Gasteiger partial charge on any atom is -0.357 e. The molecule has 0 heterocycles. The molecule has 2 N–H and O–H groups in total. The van der Waals surface area contributed by atoms with Crippen molar-refractivity contribution < 1.29 is 9.18 Å². The van der Waals surface area contributed by atoms with Gasteiger partial charge in [-0.25, -0.2) is 4.39 Å². The second kappa shape index (κ2) is 9.82. The first-order valence-electron chi connectivity index (χ1n) is 7.95. The molecule has 1 aromatic carbocycles. The molecule has 23 heavy (non-hydrogen) atoms. The van der Waals surface area contributed by atoms with Crippen LogP contribution >= 0.6 is 0 Å². The van der Waals surface area contributed by atoms with Crippen LogP contribution in [0.1, 0.15) is 26.3 Å². The minimum atomic E-state index is -0.241. The summed E-state index contributed by atoms with van der Waals surface area (Å²) in [6.45, 7) is 8.00. The number of nitrogens with one attached hydrogen (secondary N) is 2. The average molecular weight is 322 g/mol. The molecule has 0 spiro atoms. The molecule has 0 saturated carbocycles. The number of amides is 1. The van der Waals surface area contributed by atoms with E-state index in [9.17, 15) is 9.18 Å². The van der Waals surface area contributed by atoms with Crippen molar-refractivity contribution in [2.75, 3.05) is 26.7 Å². The van der Waals surface area contributed by atoms with Crippen LogP contribution in [0.5, 0.6) is 0 Å². The van der Waals surface area contributed by atoms with Crippen molar-refractivity contribution in [1.82, 2.24) is 15.5 Å². The van der Waals surface area contributed by atoms with Crippen LogP contribution in [-0.2, 0) is 11.3 Å². The summed E-state index contributed by atoms with van der Waals surface area (Å²) >= 11 is 0. The summed E-state index contributed by atoms with van der Waals surface area (Å²) in [5, 5.41) is 6.03. The third kappa shape index (κ3) is 7.13. The van der Waals surface area contributed by atoms with Crippen LogP contribution in [0, 0.1) is 11.7 Å². The largest absolute Gasteiger partial charge is 0.357 e. The van der Waals surface area contributed by atoms with Crippen molar-refractivity contribution >= 4 is 11.9 Å². The summed E-state index contributed by atoms with van der Waals surface area (Å²) in [5.41, 5.74) is 0.881. The van der Waals surface area contributed by atoms with Crippen molar-refractivity contribution in [3.8, 4) is 0 Å². The number of guanidine groups is 1. The van der Waals surface area contributed by atoms with Gasteiger partial charge in [0.15, 0.2) is 5.96 Å². The molecule has 0 saturated heterocycles. The van der Waals surface area contributed by atoms with Gasteiger partial charge in [-0.3, -0.25) is 9.79 Å². The molecule has 128 valence electrons. The first-order chi connectivity index (χ1) is 10.9. The highest BCUT2D eigenvalue weighted by atomic mass is 19.1. The maximum atomic E-state index is 13.3. The van der Waals surface area contributed by atoms with Gasteiger partial charge in [0, 0.05) is 32.6 Å². The van der Waals surface area contributed by atoms with Gasteiger partial charge in [0.1, 0.15) is 5.82 Å². The first kappa shape index (κ1) is 18.9. The first-order valence-corrected chi connectivity index (χ1v) is 7.95. The average Bonchev–Trinajstić information content (AvgIpc) is 2.49. The normalized spacial score (nSPS) is 11.5. The Labute approximate surface area is 138 Å². The predicted molar refractivity (Wildman–Crippen MR) is 91.7 cm³/mol. The van der Waals surface area contributed by atoms with Gasteiger partial charge in [0.2, 0.25) is 5.91 Å². The standard InChI is InChI=1S/C17H27FN4O/c1-5-19-17(21-10-9-20-16(23)13(2)3)22(4)12-14-7-6-8-15(18)11-14/h6-8,11,13H,5,9-10,12H2,1-4H3,(H,19,21)(H,20,23). The third-order valence-electron chi connectivity index (χ3n) is 3.20. The van der Waals surface area contributed by atoms with Gasteiger partial charge in [-0.05, 0) is 24.6 Å². The second-order valence-electron chi connectivity index (χ2n) is 5.67. The van der Waals surface area contributed by atoms with Gasteiger partial charge in [0.25, 0.3) is 0 Å². The van der Waals surface area contributed by atoms with E-state index in [4.69, 9.17) is 0 Å². The van der Waals surface area contributed by atoms with E-state index in [-0.39, 0.29) is 17.6 Å². The maximum Gasteiger partial charge on any atom is 0.222 e. The van der Waals surface area contributed by atoms with Crippen LogP contribution < -0.4 is 10.6 Å². The van der Waals surface area contributed by atoms with E-state index in [1.165, 1.54) is 12.1 Å². The Morgan fingerprint density at radius 1 is 1.35 bits per heavy atom. The highest BCUT2D eigenvalue weighted by molar-refractivity contribution is 5.80. The lowest BCUT2D eigenvalue weighted by Crippen LogP contribution is -2.39. The van der Waals surface area contributed by atoms with Gasteiger partial charge < -0.3 is 15.5 Å². The molecule has 1 aromatic rings. The molecule has 0 atom stereocenters. The molecular weight excluding hydrogens is 295 g/mol. The Morgan fingerprint density at radius 3 is 2.70 bits per heavy atom. The molecule has 0 bridgehead atoms. The highest BCUT2D eigenvalue weighted by Gasteiger charge is 2.08. The van der Waals surface area contributed by atoms with Crippen LogP contribution in [0.2, 0.25) is 0 Å². The van der Waals surface area contributed by atoms with Crippen molar-refractivity contribution in [2.24, 2.45) is 10.9 Å². The van der Waals surface area contributed by atoms with E-state index >= 15 is 0 Å². The van der Waals surface area contributed by atoms with E-state index in [0.29, 0.717) is 19.6 Å². The second-order valence-corrected chi connectivity index (χ2v) is 5.67. The summed E-state index contributed by atoms with van der Waals surface area (Å²) in [6, 6.07) is 6.53. The molecule has 0 aliphatic heterocycles. The summed E-state index contributed by atoms with van der Waals surface area (Å²) in [5.74, 6) is 0.492. The molecular formula is C17H27FN4O. The predicted octanol–water partition coefficient (Wildman–Crippen LogP) is 2.00. The zero-order valence-electron chi connectivity index (χ0n) is 14.4. The SMILES string of the molecule is CCNC(=NCCNC(=O)C(C)C)N(C)Cc1cccc(F)c1. The van der Waals surface area contributed by atoms with Crippen molar-refractivity contribution in [3.63, 3.8) is 0 Å². The van der Waals surface area contributed by atoms with Gasteiger partial charge in [-0.2, -0.15) is 0 Å². The van der Waals surface area contributed by atoms with E-state index in [0.717, 1.165) is 18.1 Å². The van der Waals surface area contributed by atoms with Crippen LogP contribution in [0.4, 0.5) is 4.39 Å². The summed E-state index contributed by atoms with van der Waals surface area (Å²) in [7, 11) is 1.90. The van der Waals surface area contributed by atoms with Crippen molar-refractivity contribution in [3.05, 3.63) is 35.6 Å². The zero-order chi connectivity index (χ0) is 17.2. The van der Waals surface area contributed by atoms with E-state index < -0.39 is 0 Å². The van der Waals surface area contributed by atoms with Crippen LogP contribution in [-0.4, -0.2) is 43.4 Å². The summed E-state index contributed by atoms with van der Waals surface area (Å²) in [4.78, 5) is 17.9. The molecule has 5 nitrogen and oxygen atoms in total. The quantitative estimate of drug-likeness (QED) is 0.459. The van der Waals surface area contributed by atoms with Crippen LogP contribution in [0.15, 0.2) is 29.3 Å². The fourth-order valence-corrected chi connectivity index (χ4v) is 2.00. The van der Waals surface area contributed by atoms with Crippen molar-refractivity contribution in [2.45, 2.75) is 27.3 Å². The molecule has 0 fully saturated rings. The molecule has 0 aliphatic carbocycles. The van der Waals surface area contributed by atoms with E-state index in [2.05, 4.69) is 15.6 Å². The number of aliphatic imine (C=N–C) groups is 1. The number of nitrogens with zero attached hydrogens (tertiary/aromatic N) is 2. The molecule has 0 aliphatic rings. The Balaban J connectivity index is 2.58. The van der Waals surface area contributed by atoms with E-state index in [1.54, 1.807) is 6.07 Å². The number of carbonyl (C=O) groups is 1. The Kier molecular flexibility index (Phi) is 8.08. The van der Waals surface area contributed by atoms with Gasteiger partial charge in [-0.1, -0.05) is 26.0 Å². The number of carbonyl (C=O) groups excluding carboxylic acids is 1. The number of halogens is 1. The number of benzene rings is 1. The molecule has 0 aromatic heterocycles. The smallest absolute Gasteiger partial charge is 0.222 e. The Bertz CT molecular complexity index is 531. The fourth-order valence-electron chi connectivity index (χ4n) is 2.00. The number of hydrogen-bond donors (Lipinski definition) is 2. The molecule has 0 unspecified atom stereocenters. The van der Waals surface area contributed by atoms with Crippen LogP contribution in [0.25, 0.3) is 0 Å². The molecule has 6 heteroatoms. The zero-order valence-corrected chi connectivity index (χ0v) is 14.4. The minimum absolute atomic E-state index is 0.0251. The molecule has 1 rings (SSSR count). The lowest BCUT2D eigenvalue weighted by Gasteiger charge is -2.22. The molecule has 0 radical (unpaired) electrons. The van der Waals surface area contributed by atoms with Crippen molar-refractivity contribution in [1.29, 1.82) is 0 Å². The topological polar surface area (TPSA) is 56.7 Å². The maximum absolute atomic E-state index is 13.3. The van der Waals surface area contributed by atoms with Gasteiger partial charge in [-0.15, -0.1) is 0 Å². The van der Waals surface area contributed by atoms with E-state index in [1.807, 2.05) is 38.8 Å².